The van der Waals surface area contributed by atoms with E-state index in [9.17, 15) is 14.8 Å². The number of piperidine rings is 1. The average molecular weight is 812 g/mol. The Labute approximate surface area is 350 Å². The van der Waals surface area contributed by atoms with Crippen LogP contribution in [0.4, 0.5) is 5.69 Å². The molecule has 3 aromatic rings. The van der Waals surface area contributed by atoms with Gasteiger partial charge in [-0.25, -0.2) is 4.99 Å². The van der Waals surface area contributed by atoms with E-state index in [1.54, 1.807) is 6.21 Å². The van der Waals surface area contributed by atoms with Crippen LogP contribution in [0, 0.1) is 5.92 Å². The van der Waals surface area contributed by atoms with Crippen LogP contribution in [0.2, 0.25) is 5.02 Å². The molecule has 4 rings (SSSR count). The van der Waals surface area contributed by atoms with Crippen molar-refractivity contribution >= 4 is 40.8 Å². The molecule has 3 aromatic carbocycles. The number of allylic oxidation sites excluding steroid dienone is 2. The highest BCUT2D eigenvalue weighted by atomic mass is 35.5. The Hall–Kier alpha value is -4.90. The molecule has 0 atom stereocenters. The van der Waals surface area contributed by atoms with Gasteiger partial charge in [0.1, 0.15) is 23.9 Å². The van der Waals surface area contributed by atoms with Crippen molar-refractivity contribution < 1.29 is 24.3 Å². The highest BCUT2D eigenvalue weighted by Crippen LogP contribution is 2.41. The molecule has 0 aliphatic carbocycles. The highest BCUT2D eigenvalue weighted by molar-refractivity contribution is 6.32. The number of aryl methyl sites for hydroxylation is 1. The van der Waals surface area contributed by atoms with Crippen molar-refractivity contribution in [1.82, 2.24) is 15.9 Å². The van der Waals surface area contributed by atoms with Gasteiger partial charge >= 0.3 is 0 Å². The number of nitrogens with zero attached hydrogens (tertiary/aromatic N) is 3. The maximum atomic E-state index is 13.2. The van der Waals surface area contributed by atoms with Crippen LogP contribution >= 0.6 is 11.6 Å². The summed E-state index contributed by atoms with van der Waals surface area (Å²) in [4.78, 5) is 32.4. The second kappa shape index (κ2) is 21.2. The molecule has 0 radical (unpaired) electrons. The standard InChI is InChI=1S/C47H62ClN5O5/c1-11-13-33(6)42-27-37(47(8,9)36-14-17-40(18-15-36)57-29-32(5)20-23-49-34(7)51-52(10)56)28-43(48)46(42)58-30-44(54)50-38-21-24-53(25-22-38)39-16-19-41(35(12-2)26-39)45(55)31(3)4/h14-20,23,26-28,31,38,51,56H,6-7,11-13,21-22,24-25,29-30H2,1-5,8-10H3,(H,50,54)/b32-20+,49-23-. The second-order valence-corrected chi connectivity index (χ2v) is 16.2. The molecule has 1 heterocycles. The van der Waals surface area contributed by atoms with Crippen LogP contribution < -0.4 is 25.1 Å². The van der Waals surface area contributed by atoms with Crippen molar-refractivity contribution in [3.05, 3.63) is 118 Å². The molecule has 312 valence electrons. The Morgan fingerprint density at radius 1 is 1.02 bits per heavy atom. The number of hydrogen-bond acceptors (Lipinski definition) is 9. The molecule has 0 bridgehead atoms. The summed E-state index contributed by atoms with van der Waals surface area (Å²) >= 11 is 6.98. The predicted molar refractivity (Wildman–Crippen MR) is 237 cm³/mol. The van der Waals surface area contributed by atoms with E-state index >= 15 is 0 Å². The van der Waals surface area contributed by atoms with E-state index < -0.39 is 5.41 Å². The fourth-order valence-electron chi connectivity index (χ4n) is 6.96. The second-order valence-electron chi connectivity index (χ2n) is 15.8. The van der Waals surface area contributed by atoms with Gasteiger partial charge < -0.3 is 19.7 Å². The topological polar surface area (TPSA) is 116 Å². The third kappa shape index (κ3) is 12.5. The number of ketones is 1. The molecule has 1 amide bonds. The molecule has 0 saturated carbocycles. The summed E-state index contributed by atoms with van der Waals surface area (Å²) in [5.41, 5.74) is 9.87. The van der Waals surface area contributed by atoms with Crippen LogP contribution in [0.25, 0.3) is 5.57 Å². The number of hydrogen-bond donors (Lipinski definition) is 3. The Morgan fingerprint density at radius 2 is 1.71 bits per heavy atom. The van der Waals surface area contributed by atoms with Gasteiger partial charge in [0.15, 0.2) is 12.4 Å². The number of aliphatic imine (C=N–C) groups is 1. The Bertz CT molecular complexity index is 1980. The third-order valence-electron chi connectivity index (χ3n) is 10.5. The number of hydrazine groups is 1. The van der Waals surface area contributed by atoms with Crippen LogP contribution in [0.3, 0.4) is 0 Å². The summed E-state index contributed by atoms with van der Waals surface area (Å²) in [7, 11) is 1.43. The quantitative estimate of drug-likeness (QED) is 0.0587. The van der Waals surface area contributed by atoms with Crippen molar-refractivity contribution in [2.24, 2.45) is 10.9 Å². The van der Waals surface area contributed by atoms with E-state index in [4.69, 9.17) is 21.1 Å². The van der Waals surface area contributed by atoms with E-state index in [1.807, 2.05) is 57.2 Å². The molecule has 0 aromatic heterocycles. The summed E-state index contributed by atoms with van der Waals surface area (Å²) in [6.45, 7) is 24.2. The number of ether oxygens (including phenoxy) is 2. The smallest absolute Gasteiger partial charge is 0.258 e. The molecule has 3 N–H and O–H groups in total. The summed E-state index contributed by atoms with van der Waals surface area (Å²) < 4.78 is 12.2. The highest BCUT2D eigenvalue weighted by Gasteiger charge is 2.28. The normalized spacial score (nSPS) is 13.9. The Kier molecular flexibility index (Phi) is 16.7. The number of benzene rings is 3. The molecular formula is C47H62ClN5O5. The van der Waals surface area contributed by atoms with E-state index in [2.05, 4.69) is 85.8 Å². The number of anilines is 1. The van der Waals surface area contributed by atoms with Gasteiger partial charge in [0.05, 0.1) is 5.02 Å². The van der Waals surface area contributed by atoms with Gasteiger partial charge in [0.25, 0.3) is 5.91 Å². The van der Waals surface area contributed by atoms with E-state index in [0.29, 0.717) is 23.2 Å². The summed E-state index contributed by atoms with van der Waals surface area (Å²) in [6.07, 6.45) is 7.49. The monoisotopic (exact) mass is 811 g/mol. The lowest BCUT2D eigenvalue weighted by Gasteiger charge is -2.34. The number of rotatable bonds is 20. The zero-order valence-electron chi connectivity index (χ0n) is 35.6. The SMILES string of the molecule is C=C(/N=C\C=C(/C)COc1ccc(C(C)(C)c2cc(Cl)c(OCC(=O)NC3CCN(c4ccc(C(=O)C(C)C)c(CC)c4)CC3)c(C(=C)CCC)c2)cc1)NN(C)O. The Morgan fingerprint density at radius 3 is 2.33 bits per heavy atom. The molecule has 1 aliphatic rings. The van der Waals surface area contributed by atoms with Crippen molar-refractivity contribution in [1.29, 1.82) is 0 Å². The Balaban J connectivity index is 1.38. The minimum Gasteiger partial charge on any atom is -0.489 e. The largest absolute Gasteiger partial charge is 0.489 e. The average Bonchev–Trinajstić information content (AvgIpc) is 3.19. The zero-order chi connectivity index (χ0) is 42.6. The molecular weight excluding hydrogens is 750 g/mol. The maximum absolute atomic E-state index is 13.2. The number of amides is 1. The van der Waals surface area contributed by atoms with Crippen LogP contribution in [0.15, 0.2) is 90.2 Å². The van der Waals surface area contributed by atoms with E-state index in [1.165, 1.54) is 7.05 Å². The van der Waals surface area contributed by atoms with Crippen molar-refractivity contribution in [3.8, 4) is 11.5 Å². The fourth-order valence-corrected chi connectivity index (χ4v) is 7.23. The molecule has 1 aliphatic heterocycles. The summed E-state index contributed by atoms with van der Waals surface area (Å²) in [6, 6.07) is 18.2. The summed E-state index contributed by atoms with van der Waals surface area (Å²) in [5.74, 6) is 1.45. The number of nitrogens with one attached hydrogen (secondary N) is 2. The van der Waals surface area contributed by atoms with Crippen molar-refractivity contribution in [2.75, 3.05) is 38.3 Å². The molecule has 0 spiro atoms. The maximum Gasteiger partial charge on any atom is 0.258 e. The first-order valence-electron chi connectivity index (χ1n) is 20.2. The molecule has 0 unspecified atom stereocenters. The van der Waals surface area contributed by atoms with Crippen LogP contribution in [-0.4, -0.2) is 67.7 Å². The number of hydroxylamine groups is 1. The minimum atomic E-state index is -0.425. The summed E-state index contributed by atoms with van der Waals surface area (Å²) in [5, 5.41) is 13.6. The number of carbonyl (C=O) groups excluding carboxylic acids is 2. The number of Topliss-reactive ketones (excluding diaryl/α,β-unsaturated/α-hetero) is 1. The van der Waals surface area contributed by atoms with E-state index in [-0.39, 0.29) is 30.3 Å². The first-order chi connectivity index (χ1) is 27.5. The van der Waals surface area contributed by atoms with Gasteiger partial charge in [-0.05, 0) is 109 Å². The van der Waals surface area contributed by atoms with Crippen molar-refractivity contribution in [2.45, 2.75) is 92.0 Å². The van der Waals surface area contributed by atoms with Crippen LogP contribution in [0.5, 0.6) is 11.5 Å². The first-order valence-corrected chi connectivity index (χ1v) is 20.6. The first kappa shape index (κ1) is 45.8. The van der Waals surface area contributed by atoms with Gasteiger partial charge in [0.2, 0.25) is 0 Å². The molecule has 10 nitrogen and oxygen atoms in total. The third-order valence-corrected chi connectivity index (χ3v) is 10.7. The molecule has 1 fully saturated rings. The van der Waals surface area contributed by atoms with Gasteiger partial charge in [-0.15, -0.1) is 5.17 Å². The van der Waals surface area contributed by atoms with Gasteiger partial charge in [-0.2, -0.15) is 0 Å². The molecule has 58 heavy (non-hydrogen) atoms. The van der Waals surface area contributed by atoms with Crippen LogP contribution in [-0.2, 0) is 16.6 Å². The lowest BCUT2D eigenvalue weighted by atomic mass is 9.77. The number of carbonyl (C=O) groups is 2. The predicted octanol–water partition coefficient (Wildman–Crippen LogP) is 9.74. The van der Waals surface area contributed by atoms with E-state index in [0.717, 1.165) is 101 Å². The van der Waals surface area contributed by atoms with Gasteiger partial charge in [-0.3, -0.25) is 20.2 Å². The van der Waals surface area contributed by atoms with Gasteiger partial charge in [0, 0.05) is 60.5 Å². The van der Waals surface area contributed by atoms with Gasteiger partial charge in [-0.1, -0.05) is 84.9 Å². The lowest BCUT2D eigenvalue weighted by Crippen LogP contribution is -2.46. The van der Waals surface area contributed by atoms with Crippen molar-refractivity contribution in [3.63, 3.8) is 0 Å². The van der Waals surface area contributed by atoms with Crippen LogP contribution in [0.1, 0.15) is 107 Å². The fraction of sp³-hybridized carbons (Fsp3) is 0.426. The molecule has 11 heteroatoms. The number of halogens is 1. The minimum absolute atomic E-state index is 0.0360. The molecule has 1 saturated heterocycles. The lowest BCUT2D eigenvalue weighted by molar-refractivity contribution is -0.123. The zero-order valence-corrected chi connectivity index (χ0v) is 36.3.